The molecule has 5 nitrogen and oxygen atoms in total. The Morgan fingerprint density at radius 2 is 2.25 bits per heavy atom. The highest BCUT2D eigenvalue weighted by Crippen LogP contribution is 2.20. The average Bonchev–Trinajstić information content (AvgIpc) is 3.16. The third-order valence-electron chi connectivity index (χ3n) is 4.24. The number of rotatable bonds is 5. The van der Waals surface area contributed by atoms with Crippen molar-refractivity contribution in [3.8, 4) is 0 Å². The first-order valence-corrected chi connectivity index (χ1v) is 8.13. The Kier molecular flexibility index (Phi) is 4.94. The number of carbonyl (C=O) groups is 1. The van der Waals surface area contributed by atoms with Crippen LogP contribution in [0.1, 0.15) is 40.2 Å². The monoisotopic (exact) mass is 332 g/mol. The Bertz CT molecular complexity index is 703. The van der Waals surface area contributed by atoms with E-state index < -0.39 is 0 Å². The molecule has 1 unspecified atom stereocenters. The maximum Gasteiger partial charge on any atom is 0.259 e. The molecule has 6 heteroatoms. The number of hydrogen-bond acceptors (Lipinski definition) is 4. The van der Waals surface area contributed by atoms with Crippen LogP contribution >= 0.6 is 0 Å². The van der Waals surface area contributed by atoms with Crippen molar-refractivity contribution < 1.29 is 18.4 Å². The van der Waals surface area contributed by atoms with E-state index in [2.05, 4.69) is 5.16 Å². The number of ether oxygens (including phenoxy) is 1. The van der Waals surface area contributed by atoms with Gasteiger partial charge in [-0.25, -0.2) is 4.39 Å². The number of benzene rings is 1. The predicted molar refractivity (Wildman–Crippen MR) is 86.1 cm³/mol. The van der Waals surface area contributed by atoms with Crippen molar-refractivity contribution in [2.45, 2.75) is 39.3 Å². The van der Waals surface area contributed by atoms with Crippen LogP contribution in [0.5, 0.6) is 0 Å². The van der Waals surface area contributed by atoms with Crippen LogP contribution in [0.3, 0.4) is 0 Å². The van der Waals surface area contributed by atoms with Crippen LogP contribution in [0.15, 0.2) is 28.8 Å². The Balaban J connectivity index is 1.84. The first-order chi connectivity index (χ1) is 11.5. The van der Waals surface area contributed by atoms with Crippen LogP contribution in [-0.4, -0.2) is 35.2 Å². The lowest BCUT2D eigenvalue weighted by atomic mass is 10.1. The van der Waals surface area contributed by atoms with Gasteiger partial charge >= 0.3 is 0 Å². The zero-order chi connectivity index (χ0) is 17.1. The van der Waals surface area contributed by atoms with Gasteiger partial charge in [-0.2, -0.15) is 0 Å². The molecule has 1 atom stereocenters. The van der Waals surface area contributed by atoms with Gasteiger partial charge in [0.2, 0.25) is 0 Å². The minimum atomic E-state index is -0.311. The molecule has 0 bridgehead atoms. The molecule has 128 valence electrons. The van der Waals surface area contributed by atoms with Gasteiger partial charge in [-0.1, -0.05) is 17.3 Å². The second-order valence-electron chi connectivity index (χ2n) is 6.15. The van der Waals surface area contributed by atoms with E-state index in [1.807, 2.05) is 6.07 Å². The summed E-state index contributed by atoms with van der Waals surface area (Å²) >= 11 is 0. The fraction of sp³-hybridized carbons (Fsp3) is 0.444. The molecule has 1 aromatic heterocycles. The fourth-order valence-corrected chi connectivity index (χ4v) is 3.06. The molecular weight excluding hydrogens is 311 g/mol. The van der Waals surface area contributed by atoms with Gasteiger partial charge in [-0.3, -0.25) is 4.79 Å². The van der Waals surface area contributed by atoms with Gasteiger partial charge in [0.05, 0.1) is 11.8 Å². The minimum Gasteiger partial charge on any atom is -0.376 e. The maximum absolute atomic E-state index is 13.5. The molecule has 1 aromatic carbocycles. The van der Waals surface area contributed by atoms with Crippen LogP contribution in [0, 0.1) is 19.7 Å². The number of hydrogen-bond donors (Lipinski definition) is 0. The van der Waals surface area contributed by atoms with Crippen molar-refractivity contribution in [2.75, 3.05) is 13.2 Å². The summed E-state index contributed by atoms with van der Waals surface area (Å²) in [4.78, 5) is 14.7. The van der Waals surface area contributed by atoms with Crippen molar-refractivity contribution in [2.24, 2.45) is 0 Å². The van der Waals surface area contributed by atoms with Gasteiger partial charge in [0, 0.05) is 19.7 Å². The summed E-state index contributed by atoms with van der Waals surface area (Å²) in [5, 5.41) is 3.86. The van der Waals surface area contributed by atoms with E-state index >= 15 is 0 Å². The average molecular weight is 332 g/mol. The molecular formula is C18H21FN2O3. The molecule has 1 amide bonds. The number of carbonyl (C=O) groups excluding carboxylic acids is 1. The Labute approximate surface area is 140 Å². The van der Waals surface area contributed by atoms with Crippen LogP contribution in [0.4, 0.5) is 4.39 Å². The molecule has 2 heterocycles. The predicted octanol–water partition coefficient (Wildman–Crippen LogP) is 3.25. The summed E-state index contributed by atoms with van der Waals surface area (Å²) in [5.41, 5.74) is 1.78. The number of aryl methyl sites for hydroxylation is 2. The highest BCUT2D eigenvalue weighted by Gasteiger charge is 2.27. The van der Waals surface area contributed by atoms with Crippen molar-refractivity contribution in [1.82, 2.24) is 10.1 Å². The largest absolute Gasteiger partial charge is 0.376 e. The molecule has 2 aromatic rings. The summed E-state index contributed by atoms with van der Waals surface area (Å²) in [6.07, 6.45) is 1.94. The van der Waals surface area contributed by atoms with Gasteiger partial charge in [0.1, 0.15) is 17.1 Å². The van der Waals surface area contributed by atoms with Gasteiger partial charge < -0.3 is 14.2 Å². The summed E-state index contributed by atoms with van der Waals surface area (Å²) in [7, 11) is 0. The molecule has 1 fully saturated rings. The van der Waals surface area contributed by atoms with Gasteiger partial charge in [-0.15, -0.1) is 0 Å². The van der Waals surface area contributed by atoms with E-state index in [-0.39, 0.29) is 17.8 Å². The second kappa shape index (κ2) is 7.13. The Hall–Kier alpha value is -2.21. The summed E-state index contributed by atoms with van der Waals surface area (Å²) in [5.74, 6) is 0.0226. The number of halogens is 1. The SMILES string of the molecule is Cc1noc(C)c1C(=O)N(Cc1cccc(F)c1)CC1CCCO1. The van der Waals surface area contributed by atoms with Gasteiger partial charge in [0.15, 0.2) is 0 Å². The summed E-state index contributed by atoms with van der Waals surface area (Å²) < 4.78 is 24.3. The van der Waals surface area contributed by atoms with Crippen molar-refractivity contribution in [3.63, 3.8) is 0 Å². The second-order valence-corrected chi connectivity index (χ2v) is 6.15. The van der Waals surface area contributed by atoms with E-state index in [1.54, 1.807) is 24.8 Å². The molecule has 0 N–H and O–H groups in total. The fourth-order valence-electron chi connectivity index (χ4n) is 3.06. The van der Waals surface area contributed by atoms with Crippen molar-refractivity contribution in [3.05, 3.63) is 52.7 Å². The first kappa shape index (κ1) is 16.6. The van der Waals surface area contributed by atoms with E-state index in [4.69, 9.17) is 9.26 Å². The smallest absolute Gasteiger partial charge is 0.259 e. The van der Waals surface area contributed by atoms with Crippen LogP contribution in [0.2, 0.25) is 0 Å². The highest BCUT2D eigenvalue weighted by atomic mass is 19.1. The van der Waals surface area contributed by atoms with Gasteiger partial charge in [-0.05, 0) is 44.4 Å². The molecule has 3 rings (SSSR count). The number of nitrogens with zero attached hydrogens (tertiary/aromatic N) is 2. The van der Waals surface area contributed by atoms with Crippen LogP contribution in [0.25, 0.3) is 0 Å². The molecule has 1 aliphatic rings. The molecule has 0 saturated carbocycles. The number of amides is 1. The molecule has 0 radical (unpaired) electrons. The summed E-state index contributed by atoms with van der Waals surface area (Å²) in [6, 6.07) is 6.30. The minimum absolute atomic E-state index is 0.0166. The Morgan fingerprint density at radius 1 is 1.42 bits per heavy atom. The van der Waals surface area contributed by atoms with Crippen LogP contribution < -0.4 is 0 Å². The van der Waals surface area contributed by atoms with Gasteiger partial charge in [0.25, 0.3) is 5.91 Å². The van der Waals surface area contributed by atoms with Crippen molar-refractivity contribution in [1.29, 1.82) is 0 Å². The third-order valence-corrected chi connectivity index (χ3v) is 4.24. The van der Waals surface area contributed by atoms with E-state index in [0.717, 1.165) is 25.0 Å². The van der Waals surface area contributed by atoms with E-state index in [1.165, 1.54) is 12.1 Å². The maximum atomic E-state index is 13.5. The molecule has 1 aliphatic heterocycles. The quantitative estimate of drug-likeness (QED) is 0.843. The zero-order valence-corrected chi connectivity index (χ0v) is 13.9. The lowest BCUT2D eigenvalue weighted by Crippen LogP contribution is -2.37. The molecule has 1 saturated heterocycles. The molecule has 0 spiro atoms. The normalized spacial score (nSPS) is 17.2. The molecule has 0 aliphatic carbocycles. The Morgan fingerprint density at radius 3 is 2.88 bits per heavy atom. The lowest BCUT2D eigenvalue weighted by molar-refractivity contribution is 0.0505. The van der Waals surface area contributed by atoms with E-state index in [9.17, 15) is 9.18 Å². The third kappa shape index (κ3) is 3.64. The van der Waals surface area contributed by atoms with E-state index in [0.29, 0.717) is 30.1 Å². The standard InChI is InChI=1S/C18H21FN2O3/c1-12-17(13(2)24-20-12)18(22)21(11-16-7-4-8-23-16)10-14-5-3-6-15(19)9-14/h3,5-6,9,16H,4,7-8,10-11H2,1-2H3. The number of aromatic nitrogens is 1. The molecule has 24 heavy (non-hydrogen) atoms. The van der Waals surface area contributed by atoms with Crippen molar-refractivity contribution >= 4 is 5.91 Å². The lowest BCUT2D eigenvalue weighted by Gasteiger charge is -2.25. The zero-order valence-electron chi connectivity index (χ0n) is 13.9. The summed E-state index contributed by atoms with van der Waals surface area (Å²) in [6.45, 7) is 4.98. The topological polar surface area (TPSA) is 55.6 Å². The first-order valence-electron chi connectivity index (χ1n) is 8.13. The van der Waals surface area contributed by atoms with Crippen LogP contribution in [-0.2, 0) is 11.3 Å². The highest BCUT2D eigenvalue weighted by molar-refractivity contribution is 5.96.